The molecular weight excluding hydrogens is 360 g/mol. The van der Waals surface area contributed by atoms with Gasteiger partial charge in [0.05, 0.1) is 12.3 Å². The van der Waals surface area contributed by atoms with E-state index in [-0.39, 0.29) is 45.2 Å². The molecule has 0 saturated carbocycles. The van der Waals surface area contributed by atoms with Gasteiger partial charge in [-0.05, 0) is 72.7 Å². The van der Waals surface area contributed by atoms with Gasteiger partial charge in [-0.1, -0.05) is 103 Å². The molecule has 0 unspecified atom stereocenters. The van der Waals surface area contributed by atoms with E-state index in [1.807, 2.05) is 66.7 Å². The Hall–Kier alpha value is -3.90. The Labute approximate surface area is 188 Å². The maximum atomic E-state index is 8.95. The van der Waals surface area contributed by atoms with Gasteiger partial charge in [-0.25, -0.2) is 0 Å². The minimum atomic E-state index is -0.506. The third-order valence-electron chi connectivity index (χ3n) is 5.36. The van der Waals surface area contributed by atoms with Crippen molar-refractivity contribution >= 4 is 32.3 Å². The van der Waals surface area contributed by atoms with Crippen LogP contribution in [0, 0.1) is 0 Å². The zero-order valence-corrected chi connectivity index (χ0v) is 15.9. The lowest BCUT2D eigenvalue weighted by atomic mass is 9.86. The highest BCUT2D eigenvalue weighted by Crippen LogP contribution is 2.42. The van der Waals surface area contributed by atoms with Crippen LogP contribution in [-0.2, 0) is 0 Å². The molecule has 6 aromatic carbocycles. The lowest BCUT2D eigenvalue weighted by molar-refractivity contribution is 1.63. The SMILES string of the molecule is [2H]c1c([2H])c([2H])c2c(-c3cc4ccccc4cc3-c3ccccc3)c3c([2H])c([2H])c([2H])c([2H])c3c([2H])c2c1[2H]. The second kappa shape index (κ2) is 6.86. The summed E-state index contributed by atoms with van der Waals surface area (Å²) in [5.41, 5.74) is 2.36. The van der Waals surface area contributed by atoms with Gasteiger partial charge < -0.3 is 0 Å². The number of benzene rings is 6. The maximum Gasteiger partial charge on any atom is 0.0636 e. The zero-order chi connectivity index (χ0) is 27.7. The van der Waals surface area contributed by atoms with Gasteiger partial charge in [0.25, 0.3) is 0 Å². The number of fused-ring (bicyclic) bond motifs is 3. The van der Waals surface area contributed by atoms with E-state index in [1.54, 1.807) is 0 Å². The van der Waals surface area contributed by atoms with Crippen LogP contribution in [0.15, 0.2) is 121 Å². The Morgan fingerprint density at radius 1 is 0.500 bits per heavy atom. The van der Waals surface area contributed by atoms with Crippen LogP contribution in [0.25, 0.3) is 54.6 Å². The lowest BCUT2D eigenvalue weighted by Crippen LogP contribution is -1.90. The summed E-state index contributed by atoms with van der Waals surface area (Å²) in [5.74, 6) is 0. The van der Waals surface area contributed by atoms with E-state index < -0.39 is 36.3 Å². The monoisotopic (exact) mass is 389 g/mol. The predicted octanol–water partition coefficient (Wildman–Crippen LogP) is 8.48. The molecule has 0 nitrogen and oxygen atoms in total. The summed E-state index contributed by atoms with van der Waals surface area (Å²) in [4.78, 5) is 0. The Bertz CT molecular complexity index is 1920. The minimum absolute atomic E-state index is 0.0518. The molecule has 6 aromatic rings. The molecule has 0 saturated heterocycles. The highest BCUT2D eigenvalue weighted by atomic mass is 14.2. The van der Waals surface area contributed by atoms with Crippen molar-refractivity contribution in [3.05, 3.63) is 121 Å². The normalized spacial score (nSPS) is 15.5. The highest BCUT2D eigenvalue weighted by molar-refractivity contribution is 6.15. The molecule has 0 aliphatic rings. The van der Waals surface area contributed by atoms with E-state index in [1.165, 1.54) is 0 Å². The van der Waals surface area contributed by atoms with Crippen LogP contribution in [-0.4, -0.2) is 0 Å². The van der Waals surface area contributed by atoms with Gasteiger partial charge in [-0.2, -0.15) is 0 Å². The fourth-order valence-corrected chi connectivity index (χ4v) is 4.01. The van der Waals surface area contributed by atoms with Gasteiger partial charge >= 0.3 is 0 Å². The fraction of sp³-hybridized carbons (Fsp3) is 0. The molecule has 0 aliphatic heterocycles. The first kappa shape index (κ1) is 10.2. The summed E-state index contributed by atoms with van der Waals surface area (Å²) < 4.78 is 77.4. The second-order valence-corrected chi connectivity index (χ2v) is 7.11. The molecule has 0 aliphatic carbocycles. The van der Waals surface area contributed by atoms with Crippen molar-refractivity contribution in [3.63, 3.8) is 0 Å². The molecule has 0 bridgehead atoms. The topological polar surface area (TPSA) is 0 Å². The van der Waals surface area contributed by atoms with E-state index in [4.69, 9.17) is 12.3 Å². The van der Waals surface area contributed by atoms with Crippen LogP contribution in [0.2, 0.25) is 0 Å². The molecule has 0 heteroatoms. The Morgan fingerprint density at radius 3 is 1.67 bits per heavy atom. The average Bonchev–Trinajstić information content (AvgIpc) is 2.95. The lowest BCUT2D eigenvalue weighted by Gasteiger charge is -2.17. The first-order valence-electron chi connectivity index (χ1n) is 14.1. The largest absolute Gasteiger partial charge is 0.0636 e. The first-order chi connectivity index (χ1) is 18.6. The fourth-order valence-electron chi connectivity index (χ4n) is 4.01. The first-order valence-corrected chi connectivity index (χ1v) is 9.64. The van der Waals surface area contributed by atoms with E-state index in [0.29, 0.717) is 5.56 Å². The van der Waals surface area contributed by atoms with Crippen LogP contribution in [0.1, 0.15) is 12.3 Å². The predicted molar refractivity (Wildman–Crippen MR) is 130 cm³/mol. The van der Waals surface area contributed by atoms with E-state index >= 15 is 0 Å². The summed E-state index contributed by atoms with van der Waals surface area (Å²) >= 11 is 0. The van der Waals surface area contributed by atoms with E-state index in [2.05, 4.69) is 0 Å². The van der Waals surface area contributed by atoms with Crippen molar-refractivity contribution in [2.24, 2.45) is 0 Å². The number of hydrogen-bond donors (Lipinski definition) is 0. The molecule has 0 N–H and O–H groups in total. The molecule has 0 radical (unpaired) electrons. The van der Waals surface area contributed by atoms with Crippen LogP contribution >= 0.6 is 0 Å². The molecular formula is C30H20. The Balaban J connectivity index is 1.99. The minimum Gasteiger partial charge on any atom is -0.0622 e. The van der Waals surface area contributed by atoms with Crippen molar-refractivity contribution in [1.29, 1.82) is 0 Å². The third-order valence-corrected chi connectivity index (χ3v) is 5.36. The Morgan fingerprint density at radius 2 is 1.03 bits per heavy atom. The van der Waals surface area contributed by atoms with Gasteiger partial charge in [-0.3, -0.25) is 0 Å². The summed E-state index contributed by atoms with van der Waals surface area (Å²) in [6, 6.07) is 17.1. The molecule has 0 fully saturated rings. The van der Waals surface area contributed by atoms with Crippen LogP contribution in [0.3, 0.4) is 0 Å². The third kappa shape index (κ3) is 2.69. The zero-order valence-electron chi connectivity index (χ0n) is 24.9. The number of rotatable bonds is 2. The number of hydrogen-bond acceptors (Lipinski definition) is 0. The summed E-state index contributed by atoms with van der Waals surface area (Å²) in [6.07, 6.45) is 0. The van der Waals surface area contributed by atoms with Gasteiger partial charge in [0.2, 0.25) is 0 Å². The standard InChI is InChI=1S/C30H20/c1-2-10-21(11-3-1)28-19-22-12-4-5-13-23(22)20-29(28)30-26-16-8-6-14-24(26)18-25-15-7-9-17-27(25)30/h1-20H/i6D,7D,8D,9D,14D,15D,16D,17D,18D. The van der Waals surface area contributed by atoms with Crippen molar-refractivity contribution in [2.75, 3.05) is 0 Å². The molecule has 0 atom stereocenters. The van der Waals surface area contributed by atoms with Crippen LogP contribution in [0.5, 0.6) is 0 Å². The van der Waals surface area contributed by atoms with Gasteiger partial charge in [0.15, 0.2) is 0 Å². The van der Waals surface area contributed by atoms with Crippen molar-refractivity contribution in [1.82, 2.24) is 0 Å². The molecule has 6 rings (SSSR count). The van der Waals surface area contributed by atoms with Crippen molar-refractivity contribution in [2.45, 2.75) is 0 Å². The summed E-state index contributed by atoms with van der Waals surface area (Å²) in [7, 11) is 0. The quantitative estimate of drug-likeness (QED) is 0.260. The summed E-state index contributed by atoms with van der Waals surface area (Å²) in [5, 5.41) is 1.73. The molecule has 0 aromatic heterocycles. The highest BCUT2D eigenvalue weighted by Gasteiger charge is 2.15. The molecule has 0 heterocycles. The van der Waals surface area contributed by atoms with Crippen LogP contribution < -0.4 is 0 Å². The van der Waals surface area contributed by atoms with E-state index in [9.17, 15) is 0 Å². The molecule has 0 spiro atoms. The molecule has 30 heavy (non-hydrogen) atoms. The second-order valence-electron chi connectivity index (χ2n) is 7.11. The molecule has 0 amide bonds. The van der Waals surface area contributed by atoms with E-state index in [0.717, 1.165) is 21.9 Å². The van der Waals surface area contributed by atoms with Gasteiger partial charge in [0.1, 0.15) is 0 Å². The van der Waals surface area contributed by atoms with Gasteiger partial charge in [-0.15, -0.1) is 0 Å². The van der Waals surface area contributed by atoms with Gasteiger partial charge in [0, 0.05) is 0 Å². The average molecular weight is 390 g/mol. The molecule has 140 valence electrons. The maximum absolute atomic E-state index is 8.95. The van der Waals surface area contributed by atoms with Crippen LogP contribution in [0.4, 0.5) is 0 Å². The summed E-state index contributed by atoms with van der Waals surface area (Å²) in [6.45, 7) is 0. The van der Waals surface area contributed by atoms with Crippen molar-refractivity contribution in [3.8, 4) is 22.3 Å². The Kier molecular flexibility index (Phi) is 2.34. The van der Waals surface area contributed by atoms with Crippen molar-refractivity contribution < 1.29 is 12.3 Å². The smallest absolute Gasteiger partial charge is 0.0622 e.